The number of fused-ring (bicyclic) bond motifs is 1. The topological polar surface area (TPSA) is 67.7 Å². The Kier molecular flexibility index (Phi) is 5.62. The summed E-state index contributed by atoms with van der Waals surface area (Å²) in [7, 11) is 1.70. The third-order valence-corrected chi connectivity index (χ3v) is 5.53. The Balaban J connectivity index is 1.71. The molecule has 2 N–H and O–H groups in total. The molecule has 1 saturated heterocycles. The number of benzene rings is 1. The van der Waals surface area contributed by atoms with Crippen LogP contribution < -0.4 is 10.6 Å². The number of hydrogen-bond donors (Lipinski definition) is 2. The molecule has 1 aliphatic rings. The van der Waals surface area contributed by atoms with Crippen molar-refractivity contribution in [1.82, 2.24) is 14.7 Å². The Morgan fingerprint density at radius 1 is 1.36 bits per heavy atom. The van der Waals surface area contributed by atoms with E-state index in [0.717, 1.165) is 37.1 Å². The van der Waals surface area contributed by atoms with E-state index in [1.54, 1.807) is 25.4 Å². The van der Waals surface area contributed by atoms with E-state index in [2.05, 4.69) is 15.6 Å². The number of carbonyl (C=O) groups is 1. The van der Waals surface area contributed by atoms with Crippen LogP contribution >= 0.6 is 11.6 Å². The van der Waals surface area contributed by atoms with Gasteiger partial charge in [-0.2, -0.15) is 0 Å². The van der Waals surface area contributed by atoms with Crippen molar-refractivity contribution in [2.45, 2.75) is 25.4 Å². The van der Waals surface area contributed by atoms with Crippen LogP contribution in [0.15, 0.2) is 42.7 Å². The first-order chi connectivity index (χ1) is 13.7. The number of nitrogens with zero attached hydrogens (tertiary/aromatic N) is 2. The number of amides is 1. The monoisotopic (exact) mass is 398 g/mol. The number of carbonyl (C=O) groups excluding carboxylic acids is 1. The molecule has 0 radical (unpaired) electrons. The Bertz CT molecular complexity index is 995. The fourth-order valence-electron chi connectivity index (χ4n) is 3.78. The molecule has 6 nitrogen and oxygen atoms in total. The molecule has 0 spiro atoms. The summed E-state index contributed by atoms with van der Waals surface area (Å²) in [4.78, 5) is 17.3. The van der Waals surface area contributed by atoms with Crippen LogP contribution in [0.3, 0.4) is 0 Å². The number of pyridine rings is 1. The highest BCUT2D eigenvalue weighted by Gasteiger charge is 2.21. The Morgan fingerprint density at radius 2 is 2.14 bits per heavy atom. The van der Waals surface area contributed by atoms with Gasteiger partial charge in [0.2, 0.25) is 0 Å². The summed E-state index contributed by atoms with van der Waals surface area (Å²) in [5.41, 5.74) is 4.15. The molecule has 0 aliphatic carbocycles. The zero-order valence-corrected chi connectivity index (χ0v) is 16.5. The summed E-state index contributed by atoms with van der Waals surface area (Å²) in [6.45, 7) is 2.53. The minimum atomic E-state index is -0.239. The summed E-state index contributed by atoms with van der Waals surface area (Å²) in [6.07, 6.45) is 5.79. The molecule has 0 unspecified atom stereocenters. The van der Waals surface area contributed by atoms with Crippen molar-refractivity contribution in [3.8, 4) is 0 Å². The normalized spacial score (nSPS) is 15.1. The standard InChI is InChI=1S/C21H23ClN4O2/c1-28-13-15-10-20-24-11-19(21(27)25-18-5-3-2-4-17(18)22)26(20)12-16(15)14-6-8-23-9-7-14/h2-5,10-12,14,23H,6-9,13H2,1H3,(H,25,27). The summed E-state index contributed by atoms with van der Waals surface area (Å²) < 4.78 is 7.27. The van der Waals surface area contributed by atoms with Crippen LogP contribution in [0.2, 0.25) is 5.02 Å². The number of methoxy groups -OCH3 is 1. The van der Waals surface area contributed by atoms with Gasteiger partial charge in [0.1, 0.15) is 11.3 Å². The third-order valence-electron chi connectivity index (χ3n) is 5.20. The highest BCUT2D eigenvalue weighted by molar-refractivity contribution is 6.33. The maximum Gasteiger partial charge on any atom is 0.274 e. The second kappa shape index (κ2) is 8.31. The maximum absolute atomic E-state index is 12.9. The Morgan fingerprint density at radius 3 is 2.89 bits per heavy atom. The lowest BCUT2D eigenvalue weighted by molar-refractivity contribution is 0.102. The van der Waals surface area contributed by atoms with Crippen molar-refractivity contribution >= 4 is 28.8 Å². The first kappa shape index (κ1) is 18.9. The second-order valence-electron chi connectivity index (χ2n) is 7.02. The van der Waals surface area contributed by atoms with Crippen LogP contribution in [0, 0.1) is 0 Å². The van der Waals surface area contributed by atoms with Crippen LogP contribution in [0.25, 0.3) is 5.65 Å². The van der Waals surface area contributed by atoms with E-state index < -0.39 is 0 Å². The van der Waals surface area contributed by atoms with Gasteiger partial charge >= 0.3 is 0 Å². The van der Waals surface area contributed by atoms with Crippen LogP contribution in [0.1, 0.15) is 40.4 Å². The first-order valence-corrected chi connectivity index (χ1v) is 9.80. The predicted octanol–water partition coefficient (Wildman–Crippen LogP) is 3.85. The van der Waals surface area contributed by atoms with E-state index in [0.29, 0.717) is 28.9 Å². The minimum Gasteiger partial charge on any atom is -0.380 e. The van der Waals surface area contributed by atoms with Crippen molar-refractivity contribution in [3.63, 3.8) is 0 Å². The number of anilines is 1. The fraction of sp³-hybridized carbons (Fsp3) is 0.333. The first-order valence-electron chi connectivity index (χ1n) is 9.43. The van der Waals surface area contributed by atoms with Crippen molar-refractivity contribution in [1.29, 1.82) is 0 Å². The number of ether oxygens (including phenoxy) is 1. The molecule has 1 aliphatic heterocycles. The smallest absolute Gasteiger partial charge is 0.274 e. The van der Waals surface area contributed by atoms with Crippen LogP contribution in [-0.4, -0.2) is 35.5 Å². The number of hydrogen-bond acceptors (Lipinski definition) is 4. The summed E-state index contributed by atoms with van der Waals surface area (Å²) in [5, 5.41) is 6.78. The van der Waals surface area contributed by atoms with Gasteiger partial charge in [0.05, 0.1) is 23.5 Å². The van der Waals surface area contributed by atoms with E-state index in [1.807, 2.05) is 28.8 Å². The lowest BCUT2D eigenvalue weighted by Crippen LogP contribution is -2.27. The summed E-state index contributed by atoms with van der Waals surface area (Å²) >= 11 is 6.17. The molecule has 3 aromatic rings. The van der Waals surface area contributed by atoms with Gasteiger partial charge in [-0.15, -0.1) is 0 Å². The van der Waals surface area contributed by atoms with Gasteiger partial charge in [0.15, 0.2) is 0 Å². The van der Waals surface area contributed by atoms with E-state index in [1.165, 1.54) is 5.56 Å². The molecule has 4 rings (SSSR count). The molecule has 28 heavy (non-hydrogen) atoms. The zero-order chi connectivity index (χ0) is 19.5. The molecule has 1 aromatic carbocycles. The zero-order valence-electron chi connectivity index (χ0n) is 15.7. The average Bonchev–Trinajstić information content (AvgIpc) is 3.13. The van der Waals surface area contributed by atoms with E-state index in [4.69, 9.17) is 16.3 Å². The molecule has 1 amide bonds. The fourth-order valence-corrected chi connectivity index (χ4v) is 3.96. The number of piperidine rings is 1. The number of halogens is 1. The van der Waals surface area contributed by atoms with Crippen LogP contribution in [-0.2, 0) is 11.3 Å². The number of imidazole rings is 1. The Labute approximate surface area is 168 Å². The lowest BCUT2D eigenvalue weighted by atomic mass is 9.88. The molecular formula is C21H23ClN4O2. The van der Waals surface area contributed by atoms with Crippen LogP contribution in [0.5, 0.6) is 0 Å². The molecule has 7 heteroatoms. The van der Waals surface area contributed by atoms with Gasteiger partial charge in [-0.1, -0.05) is 23.7 Å². The van der Waals surface area contributed by atoms with Crippen molar-refractivity contribution < 1.29 is 9.53 Å². The molecule has 2 aromatic heterocycles. The number of rotatable bonds is 5. The molecule has 0 atom stereocenters. The lowest BCUT2D eigenvalue weighted by Gasteiger charge is -2.25. The molecule has 0 bridgehead atoms. The molecular weight excluding hydrogens is 376 g/mol. The SMILES string of the molecule is COCc1cc2ncc(C(=O)Nc3ccccc3Cl)n2cc1C1CCNCC1. The molecule has 3 heterocycles. The summed E-state index contributed by atoms with van der Waals surface area (Å²) in [5.74, 6) is 0.203. The van der Waals surface area contributed by atoms with Crippen molar-refractivity contribution in [2.24, 2.45) is 0 Å². The quantitative estimate of drug-likeness (QED) is 0.685. The van der Waals surface area contributed by atoms with E-state index in [9.17, 15) is 4.79 Å². The largest absolute Gasteiger partial charge is 0.380 e. The van der Waals surface area contributed by atoms with Crippen molar-refractivity contribution in [2.75, 3.05) is 25.5 Å². The van der Waals surface area contributed by atoms with Gasteiger partial charge in [0, 0.05) is 13.3 Å². The van der Waals surface area contributed by atoms with Gasteiger partial charge in [-0.3, -0.25) is 9.20 Å². The third kappa shape index (κ3) is 3.76. The highest BCUT2D eigenvalue weighted by atomic mass is 35.5. The Hall–Kier alpha value is -2.41. The number of aromatic nitrogens is 2. The molecule has 146 valence electrons. The van der Waals surface area contributed by atoms with Gasteiger partial charge in [-0.05, 0) is 61.2 Å². The average molecular weight is 399 g/mol. The predicted molar refractivity (Wildman–Crippen MR) is 110 cm³/mol. The molecule has 0 saturated carbocycles. The van der Waals surface area contributed by atoms with Gasteiger partial charge in [0.25, 0.3) is 5.91 Å². The van der Waals surface area contributed by atoms with Gasteiger partial charge in [-0.25, -0.2) is 4.98 Å². The van der Waals surface area contributed by atoms with Gasteiger partial charge < -0.3 is 15.4 Å². The molecule has 1 fully saturated rings. The highest BCUT2D eigenvalue weighted by Crippen LogP contribution is 2.30. The minimum absolute atomic E-state index is 0.239. The second-order valence-corrected chi connectivity index (χ2v) is 7.42. The number of para-hydroxylation sites is 1. The van der Waals surface area contributed by atoms with Crippen LogP contribution in [0.4, 0.5) is 5.69 Å². The number of nitrogens with one attached hydrogen (secondary N) is 2. The maximum atomic E-state index is 12.9. The van der Waals surface area contributed by atoms with E-state index in [-0.39, 0.29) is 5.91 Å². The van der Waals surface area contributed by atoms with Crippen molar-refractivity contribution in [3.05, 3.63) is 64.6 Å². The summed E-state index contributed by atoms with van der Waals surface area (Å²) in [6, 6.07) is 9.21. The van der Waals surface area contributed by atoms with E-state index >= 15 is 0 Å².